The fraction of sp³-hybridized carbons (Fsp3) is 0.348. The van der Waals surface area contributed by atoms with Crippen LogP contribution in [0.15, 0.2) is 36.4 Å². The zero-order chi connectivity index (χ0) is 21.1. The van der Waals surface area contributed by atoms with Gasteiger partial charge in [-0.3, -0.25) is 0 Å². The molecule has 2 aromatic carbocycles. The van der Waals surface area contributed by atoms with Crippen LogP contribution in [0.25, 0.3) is 16.9 Å². The Morgan fingerprint density at radius 2 is 1.57 bits per heavy atom. The number of hydrogen-bond acceptors (Lipinski definition) is 6. The van der Waals surface area contributed by atoms with Crippen LogP contribution in [-0.2, 0) is 6.42 Å². The predicted octanol–water partition coefficient (Wildman–Crippen LogP) is 4.32. The fourth-order valence-electron chi connectivity index (χ4n) is 3.93. The lowest BCUT2D eigenvalue weighted by Crippen LogP contribution is -2.08. The van der Waals surface area contributed by atoms with Gasteiger partial charge in [0, 0.05) is 17.7 Å². The molecule has 0 amide bonds. The van der Waals surface area contributed by atoms with Crippen LogP contribution >= 0.6 is 0 Å². The molecular weight excluding hydrogens is 382 g/mol. The predicted molar refractivity (Wildman–Crippen MR) is 117 cm³/mol. The first-order valence-electron chi connectivity index (χ1n) is 10.0. The molecule has 1 aromatic heterocycles. The lowest BCUT2D eigenvalue weighted by atomic mass is 10.0. The van der Waals surface area contributed by atoms with Crippen molar-refractivity contribution in [3.63, 3.8) is 0 Å². The third-order valence-corrected chi connectivity index (χ3v) is 5.38. The summed E-state index contributed by atoms with van der Waals surface area (Å²) in [5.74, 6) is 3.55. The van der Waals surface area contributed by atoms with Crippen LogP contribution in [0.4, 0.5) is 5.82 Å². The first-order valence-corrected chi connectivity index (χ1v) is 10.0. The van der Waals surface area contributed by atoms with Crippen LogP contribution < -0.4 is 24.3 Å². The number of benzene rings is 2. The minimum Gasteiger partial charge on any atom is -0.494 e. The van der Waals surface area contributed by atoms with Crippen molar-refractivity contribution in [1.29, 1.82) is 0 Å². The minimum atomic E-state index is 0.567. The van der Waals surface area contributed by atoms with Gasteiger partial charge in [-0.1, -0.05) is 12.1 Å². The van der Waals surface area contributed by atoms with E-state index >= 15 is 0 Å². The first kappa shape index (κ1) is 19.9. The SMILES string of the molecule is COc1ccccc1-n1nc(-c2cc(OC)c(OC)c(OC)c2)c2c1NCCCC2. The zero-order valence-corrected chi connectivity index (χ0v) is 17.8. The van der Waals surface area contributed by atoms with Gasteiger partial charge in [-0.2, -0.15) is 5.10 Å². The Hall–Kier alpha value is -3.35. The van der Waals surface area contributed by atoms with Crippen LogP contribution in [0.1, 0.15) is 18.4 Å². The molecule has 7 heteroatoms. The summed E-state index contributed by atoms with van der Waals surface area (Å²) in [6, 6.07) is 11.8. The Bertz CT molecular complexity index is 1020. The van der Waals surface area contributed by atoms with Gasteiger partial charge in [0.25, 0.3) is 0 Å². The normalized spacial score (nSPS) is 13.1. The maximum atomic E-state index is 5.60. The van der Waals surface area contributed by atoms with Gasteiger partial charge in [0.15, 0.2) is 11.5 Å². The molecular formula is C23H27N3O4. The summed E-state index contributed by atoms with van der Waals surface area (Å²) in [7, 11) is 6.52. The summed E-state index contributed by atoms with van der Waals surface area (Å²) < 4.78 is 24.1. The maximum absolute atomic E-state index is 5.60. The molecule has 2 heterocycles. The van der Waals surface area contributed by atoms with Crippen LogP contribution in [-0.4, -0.2) is 44.8 Å². The van der Waals surface area contributed by atoms with Gasteiger partial charge in [-0.25, -0.2) is 4.68 Å². The number of rotatable bonds is 6. The second-order valence-corrected chi connectivity index (χ2v) is 7.06. The summed E-state index contributed by atoms with van der Waals surface area (Å²) in [4.78, 5) is 0. The van der Waals surface area contributed by atoms with E-state index in [0.717, 1.165) is 54.3 Å². The van der Waals surface area contributed by atoms with E-state index < -0.39 is 0 Å². The molecule has 0 saturated carbocycles. The third-order valence-electron chi connectivity index (χ3n) is 5.38. The van der Waals surface area contributed by atoms with Gasteiger partial charge in [0.1, 0.15) is 17.3 Å². The van der Waals surface area contributed by atoms with Crippen molar-refractivity contribution in [2.24, 2.45) is 0 Å². The monoisotopic (exact) mass is 409 g/mol. The van der Waals surface area contributed by atoms with E-state index in [1.807, 2.05) is 41.1 Å². The van der Waals surface area contributed by atoms with E-state index in [1.54, 1.807) is 28.4 Å². The fourth-order valence-corrected chi connectivity index (χ4v) is 3.93. The molecule has 4 rings (SSSR count). The Balaban J connectivity index is 1.95. The molecule has 30 heavy (non-hydrogen) atoms. The van der Waals surface area contributed by atoms with E-state index in [2.05, 4.69) is 5.32 Å². The summed E-state index contributed by atoms with van der Waals surface area (Å²) >= 11 is 0. The maximum Gasteiger partial charge on any atom is 0.203 e. The molecule has 0 atom stereocenters. The molecule has 1 aliphatic rings. The van der Waals surface area contributed by atoms with E-state index in [9.17, 15) is 0 Å². The number of fused-ring (bicyclic) bond motifs is 1. The largest absolute Gasteiger partial charge is 0.494 e. The second-order valence-electron chi connectivity index (χ2n) is 7.06. The van der Waals surface area contributed by atoms with Gasteiger partial charge in [0.2, 0.25) is 5.75 Å². The van der Waals surface area contributed by atoms with E-state index in [0.29, 0.717) is 17.2 Å². The van der Waals surface area contributed by atoms with Crippen molar-refractivity contribution < 1.29 is 18.9 Å². The van der Waals surface area contributed by atoms with E-state index in [-0.39, 0.29) is 0 Å². The Labute approximate surface area is 176 Å². The second kappa shape index (κ2) is 8.57. The highest BCUT2D eigenvalue weighted by Gasteiger charge is 2.25. The van der Waals surface area contributed by atoms with Gasteiger partial charge in [0.05, 0.1) is 34.1 Å². The molecule has 3 aromatic rings. The Morgan fingerprint density at radius 3 is 2.23 bits per heavy atom. The Kier molecular flexibility index (Phi) is 5.70. The van der Waals surface area contributed by atoms with Gasteiger partial charge in [-0.05, 0) is 43.5 Å². The van der Waals surface area contributed by atoms with Gasteiger partial charge < -0.3 is 24.3 Å². The lowest BCUT2D eigenvalue weighted by molar-refractivity contribution is 0.324. The minimum absolute atomic E-state index is 0.567. The summed E-state index contributed by atoms with van der Waals surface area (Å²) in [6.45, 7) is 0.905. The molecule has 1 aliphatic heterocycles. The highest BCUT2D eigenvalue weighted by molar-refractivity contribution is 5.76. The number of anilines is 1. The standard InChI is InChI=1S/C23H27N3O4/c1-27-18-11-6-5-10-17(18)26-23-16(9-7-8-12-24-23)21(25-26)15-13-19(28-2)22(30-4)20(14-15)29-3/h5-6,10-11,13-14,24H,7-9,12H2,1-4H3. The van der Waals surface area contributed by atoms with Crippen molar-refractivity contribution in [1.82, 2.24) is 9.78 Å². The van der Waals surface area contributed by atoms with Crippen LogP contribution in [0.5, 0.6) is 23.0 Å². The first-order chi connectivity index (χ1) is 14.7. The quantitative estimate of drug-likeness (QED) is 0.654. The number of nitrogens with zero attached hydrogens (tertiary/aromatic N) is 2. The van der Waals surface area contributed by atoms with Gasteiger partial charge >= 0.3 is 0 Å². The highest BCUT2D eigenvalue weighted by Crippen LogP contribution is 2.43. The molecule has 0 radical (unpaired) electrons. The lowest BCUT2D eigenvalue weighted by Gasteiger charge is -2.14. The summed E-state index contributed by atoms with van der Waals surface area (Å²) in [6.07, 6.45) is 3.13. The number of nitrogens with one attached hydrogen (secondary N) is 1. The molecule has 0 aliphatic carbocycles. The van der Waals surface area contributed by atoms with E-state index in [1.165, 1.54) is 5.56 Å². The molecule has 0 saturated heterocycles. The molecule has 0 spiro atoms. The van der Waals surface area contributed by atoms with Crippen molar-refractivity contribution in [3.8, 4) is 39.9 Å². The summed E-state index contributed by atoms with van der Waals surface area (Å²) in [5.41, 5.74) is 3.87. The van der Waals surface area contributed by atoms with Crippen LogP contribution in [0.2, 0.25) is 0 Å². The average molecular weight is 409 g/mol. The highest BCUT2D eigenvalue weighted by atomic mass is 16.5. The molecule has 0 unspecified atom stereocenters. The summed E-state index contributed by atoms with van der Waals surface area (Å²) in [5, 5.41) is 8.58. The Morgan fingerprint density at radius 1 is 0.867 bits per heavy atom. The van der Waals surface area contributed by atoms with E-state index in [4.69, 9.17) is 24.0 Å². The number of methoxy groups -OCH3 is 4. The van der Waals surface area contributed by atoms with Crippen LogP contribution in [0, 0.1) is 0 Å². The van der Waals surface area contributed by atoms with Gasteiger partial charge in [-0.15, -0.1) is 0 Å². The average Bonchev–Trinajstić information content (AvgIpc) is 2.98. The topological polar surface area (TPSA) is 66.8 Å². The van der Waals surface area contributed by atoms with Crippen LogP contribution in [0.3, 0.4) is 0 Å². The number of ether oxygens (including phenoxy) is 4. The third kappa shape index (κ3) is 3.40. The molecule has 7 nitrogen and oxygen atoms in total. The van der Waals surface area contributed by atoms with Crippen molar-refractivity contribution in [2.45, 2.75) is 19.3 Å². The number of hydrogen-bond donors (Lipinski definition) is 1. The molecule has 0 fully saturated rings. The van der Waals surface area contributed by atoms with Crippen molar-refractivity contribution in [3.05, 3.63) is 42.0 Å². The number of aromatic nitrogens is 2. The smallest absolute Gasteiger partial charge is 0.203 e. The van der Waals surface area contributed by atoms with Crippen molar-refractivity contribution >= 4 is 5.82 Å². The van der Waals surface area contributed by atoms with Crippen molar-refractivity contribution in [2.75, 3.05) is 40.3 Å². The molecule has 1 N–H and O–H groups in total. The number of para-hydroxylation sites is 2. The zero-order valence-electron chi connectivity index (χ0n) is 17.8. The molecule has 0 bridgehead atoms. The molecule has 158 valence electrons.